The van der Waals surface area contributed by atoms with Gasteiger partial charge in [-0.15, -0.1) is 0 Å². The average molecular weight is 182 g/mol. The second-order valence-electron chi connectivity index (χ2n) is 3.30. The Morgan fingerprint density at radius 3 is 2.54 bits per heavy atom. The van der Waals surface area contributed by atoms with E-state index >= 15 is 0 Å². The summed E-state index contributed by atoms with van der Waals surface area (Å²) < 4.78 is 4.41. The second kappa shape index (κ2) is 4.80. The van der Waals surface area contributed by atoms with E-state index in [-0.39, 0.29) is 12.2 Å². The van der Waals surface area contributed by atoms with E-state index in [2.05, 4.69) is 16.9 Å². The first kappa shape index (κ1) is 9.96. The minimum Gasteiger partial charge on any atom is -0.469 e. The predicted molar refractivity (Wildman–Crippen MR) is 48.1 cm³/mol. The summed E-state index contributed by atoms with van der Waals surface area (Å²) in [4.78, 5) is 22.0. The van der Waals surface area contributed by atoms with E-state index in [1.165, 1.54) is 7.11 Å². The zero-order valence-corrected chi connectivity index (χ0v) is 7.79. The van der Waals surface area contributed by atoms with Crippen molar-refractivity contribution in [2.24, 2.45) is 5.92 Å². The molecule has 0 amide bonds. The van der Waals surface area contributed by atoms with Gasteiger partial charge in [-0.3, -0.25) is 9.59 Å². The molecule has 3 nitrogen and oxygen atoms in total. The summed E-state index contributed by atoms with van der Waals surface area (Å²) in [5, 5.41) is 0. The molecule has 0 spiro atoms. The van der Waals surface area contributed by atoms with E-state index in [9.17, 15) is 9.59 Å². The highest BCUT2D eigenvalue weighted by Gasteiger charge is 2.17. The molecule has 0 atom stereocenters. The molecule has 1 aliphatic carbocycles. The van der Waals surface area contributed by atoms with Crippen molar-refractivity contribution < 1.29 is 14.3 Å². The first-order valence-corrected chi connectivity index (χ1v) is 4.46. The Kier molecular flexibility index (Phi) is 3.68. The minimum absolute atomic E-state index is 0.0134. The quantitative estimate of drug-likeness (QED) is 0.375. The Labute approximate surface area is 77.8 Å². The van der Waals surface area contributed by atoms with Gasteiger partial charge < -0.3 is 4.74 Å². The molecule has 0 aliphatic heterocycles. The highest BCUT2D eigenvalue weighted by atomic mass is 16.5. The molecule has 0 aromatic heterocycles. The first-order valence-electron chi connectivity index (χ1n) is 4.46. The van der Waals surface area contributed by atoms with Crippen LogP contribution in [0.3, 0.4) is 0 Å². The van der Waals surface area contributed by atoms with Crippen molar-refractivity contribution in [3.05, 3.63) is 12.2 Å². The molecular weight excluding hydrogens is 168 g/mol. The third-order valence-electron chi connectivity index (χ3n) is 2.19. The summed E-state index contributed by atoms with van der Waals surface area (Å²) in [6, 6.07) is 0. The number of rotatable bonds is 4. The standard InChI is InChI=1S/C10H14O3/c1-13-10(12)7-9(11)6-8-4-2-3-5-8/h2-3,8H,4-7H2,1H3. The van der Waals surface area contributed by atoms with Gasteiger partial charge in [0.1, 0.15) is 12.2 Å². The van der Waals surface area contributed by atoms with Crippen LogP contribution in [0.1, 0.15) is 25.7 Å². The van der Waals surface area contributed by atoms with Crippen LogP contribution in [0.5, 0.6) is 0 Å². The van der Waals surface area contributed by atoms with Crippen LogP contribution in [0.4, 0.5) is 0 Å². The summed E-state index contributed by atoms with van der Waals surface area (Å²) in [5.41, 5.74) is 0. The number of ketones is 1. The van der Waals surface area contributed by atoms with Crippen molar-refractivity contribution in [1.82, 2.24) is 0 Å². The fourth-order valence-electron chi connectivity index (χ4n) is 1.47. The van der Waals surface area contributed by atoms with Crippen LogP contribution in [0.2, 0.25) is 0 Å². The number of allylic oxidation sites excluding steroid dienone is 2. The van der Waals surface area contributed by atoms with E-state index in [1.54, 1.807) is 0 Å². The molecule has 0 saturated carbocycles. The molecule has 1 aliphatic rings. The Balaban J connectivity index is 2.21. The van der Waals surface area contributed by atoms with Gasteiger partial charge in [0.25, 0.3) is 0 Å². The van der Waals surface area contributed by atoms with Crippen LogP contribution >= 0.6 is 0 Å². The number of carbonyl (C=O) groups excluding carboxylic acids is 2. The van der Waals surface area contributed by atoms with Gasteiger partial charge in [-0.2, -0.15) is 0 Å². The number of hydrogen-bond donors (Lipinski definition) is 0. The molecule has 0 unspecified atom stereocenters. The number of methoxy groups -OCH3 is 1. The molecule has 0 bridgehead atoms. The highest BCUT2D eigenvalue weighted by Crippen LogP contribution is 2.21. The number of carbonyl (C=O) groups is 2. The van der Waals surface area contributed by atoms with Crippen LogP contribution in [0, 0.1) is 5.92 Å². The summed E-state index contributed by atoms with van der Waals surface area (Å²) in [6.45, 7) is 0. The highest BCUT2D eigenvalue weighted by molar-refractivity contribution is 5.95. The Morgan fingerprint density at radius 2 is 2.00 bits per heavy atom. The van der Waals surface area contributed by atoms with Crippen molar-refractivity contribution in [1.29, 1.82) is 0 Å². The number of Topliss-reactive ketones (excluding diaryl/α,β-unsaturated/α-hetero) is 1. The largest absolute Gasteiger partial charge is 0.469 e. The van der Waals surface area contributed by atoms with Gasteiger partial charge in [0.15, 0.2) is 0 Å². The van der Waals surface area contributed by atoms with Gasteiger partial charge >= 0.3 is 5.97 Å². The maximum absolute atomic E-state index is 11.2. The minimum atomic E-state index is -0.434. The van der Waals surface area contributed by atoms with Crippen LogP contribution in [0.25, 0.3) is 0 Å². The fourth-order valence-corrected chi connectivity index (χ4v) is 1.47. The SMILES string of the molecule is COC(=O)CC(=O)CC1CC=CC1. The molecule has 0 aromatic rings. The van der Waals surface area contributed by atoms with Gasteiger partial charge in [-0.1, -0.05) is 12.2 Å². The van der Waals surface area contributed by atoms with Crippen LogP contribution in [-0.2, 0) is 14.3 Å². The summed E-state index contributed by atoms with van der Waals surface area (Å²) in [7, 11) is 1.30. The zero-order chi connectivity index (χ0) is 9.68. The van der Waals surface area contributed by atoms with E-state index in [1.807, 2.05) is 0 Å². The molecule has 3 heteroatoms. The van der Waals surface area contributed by atoms with Gasteiger partial charge in [-0.25, -0.2) is 0 Å². The first-order chi connectivity index (χ1) is 6.22. The molecule has 0 radical (unpaired) electrons. The molecule has 0 heterocycles. The second-order valence-corrected chi connectivity index (χ2v) is 3.30. The topological polar surface area (TPSA) is 43.4 Å². The van der Waals surface area contributed by atoms with E-state index in [4.69, 9.17) is 0 Å². The van der Waals surface area contributed by atoms with Crippen LogP contribution < -0.4 is 0 Å². The zero-order valence-electron chi connectivity index (χ0n) is 7.79. The van der Waals surface area contributed by atoms with Crippen molar-refractivity contribution >= 4 is 11.8 Å². The fraction of sp³-hybridized carbons (Fsp3) is 0.600. The number of ether oxygens (including phenoxy) is 1. The smallest absolute Gasteiger partial charge is 0.313 e. The molecule has 1 rings (SSSR count). The summed E-state index contributed by atoms with van der Waals surface area (Å²) >= 11 is 0. The van der Waals surface area contributed by atoms with E-state index in [0.717, 1.165) is 12.8 Å². The van der Waals surface area contributed by atoms with Crippen LogP contribution in [-0.4, -0.2) is 18.9 Å². The Bertz CT molecular complexity index is 222. The lowest BCUT2D eigenvalue weighted by atomic mass is 9.99. The molecule has 72 valence electrons. The van der Waals surface area contributed by atoms with Gasteiger partial charge in [-0.05, 0) is 18.8 Å². The summed E-state index contributed by atoms with van der Waals surface area (Å²) in [6.07, 6.45) is 6.51. The lowest BCUT2D eigenvalue weighted by molar-refractivity contribution is -0.143. The number of hydrogen-bond acceptors (Lipinski definition) is 3. The monoisotopic (exact) mass is 182 g/mol. The molecule has 0 fully saturated rings. The molecule has 13 heavy (non-hydrogen) atoms. The van der Waals surface area contributed by atoms with Crippen molar-refractivity contribution in [3.8, 4) is 0 Å². The maximum Gasteiger partial charge on any atom is 0.313 e. The molecule has 0 saturated heterocycles. The third-order valence-corrected chi connectivity index (χ3v) is 2.19. The van der Waals surface area contributed by atoms with Crippen molar-refractivity contribution in [2.75, 3.05) is 7.11 Å². The Morgan fingerprint density at radius 1 is 1.38 bits per heavy atom. The van der Waals surface area contributed by atoms with E-state index in [0.29, 0.717) is 12.3 Å². The van der Waals surface area contributed by atoms with Gasteiger partial charge in [0.2, 0.25) is 0 Å². The molecule has 0 aromatic carbocycles. The molecule has 0 N–H and O–H groups in total. The van der Waals surface area contributed by atoms with Crippen LogP contribution in [0.15, 0.2) is 12.2 Å². The van der Waals surface area contributed by atoms with Crippen molar-refractivity contribution in [3.63, 3.8) is 0 Å². The lowest BCUT2D eigenvalue weighted by Gasteiger charge is -2.06. The molecular formula is C10H14O3. The normalized spacial score (nSPS) is 16.1. The average Bonchev–Trinajstić information content (AvgIpc) is 2.56. The maximum atomic E-state index is 11.2. The van der Waals surface area contributed by atoms with Gasteiger partial charge in [0, 0.05) is 6.42 Å². The number of esters is 1. The predicted octanol–water partition coefficient (Wildman–Crippen LogP) is 1.47. The Hall–Kier alpha value is -1.12. The van der Waals surface area contributed by atoms with Gasteiger partial charge in [0.05, 0.1) is 7.11 Å². The lowest BCUT2D eigenvalue weighted by Crippen LogP contribution is -2.12. The van der Waals surface area contributed by atoms with E-state index < -0.39 is 5.97 Å². The third kappa shape index (κ3) is 3.40. The van der Waals surface area contributed by atoms with Crippen molar-refractivity contribution in [2.45, 2.75) is 25.7 Å². The summed E-state index contributed by atoms with van der Waals surface area (Å²) in [5.74, 6) is -0.0336.